The monoisotopic (exact) mass is 244 g/mol. The fourth-order valence-electron chi connectivity index (χ4n) is 1.69. The lowest BCUT2D eigenvalue weighted by atomic mass is 10.2. The maximum absolute atomic E-state index is 5.43. The Morgan fingerprint density at radius 3 is 2.69 bits per heavy atom. The van der Waals surface area contributed by atoms with Crippen molar-refractivity contribution in [1.82, 2.24) is 10.2 Å². The Morgan fingerprint density at radius 2 is 2.19 bits per heavy atom. The van der Waals surface area contributed by atoms with Gasteiger partial charge in [-0.15, -0.1) is 0 Å². The molecule has 0 amide bonds. The first-order valence-corrected chi connectivity index (χ1v) is 6.59. The zero-order valence-electron chi connectivity index (χ0n) is 10.7. The standard InChI is InChI=1S/C12H24N2OS/c1-10(2)9-14(11-5-6-11)12(16)13-7-4-8-15-3/h10-11H,4-9H2,1-3H3,(H,13,16). The van der Waals surface area contributed by atoms with E-state index in [0.717, 1.165) is 31.2 Å². The molecular formula is C12H24N2OS. The van der Waals surface area contributed by atoms with E-state index in [4.69, 9.17) is 17.0 Å². The minimum absolute atomic E-state index is 0.666. The van der Waals surface area contributed by atoms with Crippen molar-refractivity contribution in [3.05, 3.63) is 0 Å². The van der Waals surface area contributed by atoms with Gasteiger partial charge in [0.1, 0.15) is 0 Å². The highest BCUT2D eigenvalue weighted by atomic mass is 32.1. The van der Waals surface area contributed by atoms with Gasteiger partial charge in [-0.05, 0) is 37.4 Å². The van der Waals surface area contributed by atoms with Gasteiger partial charge in [0.2, 0.25) is 0 Å². The van der Waals surface area contributed by atoms with Gasteiger partial charge in [0.05, 0.1) is 0 Å². The maximum atomic E-state index is 5.43. The quantitative estimate of drug-likeness (QED) is 0.547. The van der Waals surface area contributed by atoms with Crippen LogP contribution in [0.25, 0.3) is 0 Å². The molecule has 0 aromatic rings. The summed E-state index contributed by atoms with van der Waals surface area (Å²) in [7, 11) is 1.73. The summed E-state index contributed by atoms with van der Waals surface area (Å²) >= 11 is 5.43. The van der Waals surface area contributed by atoms with Crippen molar-refractivity contribution in [3.8, 4) is 0 Å². The molecule has 1 rings (SSSR count). The van der Waals surface area contributed by atoms with E-state index in [0.29, 0.717) is 12.0 Å². The molecule has 0 atom stereocenters. The highest BCUT2D eigenvalue weighted by molar-refractivity contribution is 7.80. The zero-order chi connectivity index (χ0) is 12.0. The third-order valence-electron chi connectivity index (χ3n) is 2.61. The summed E-state index contributed by atoms with van der Waals surface area (Å²) in [5, 5.41) is 4.25. The molecular weight excluding hydrogens is 220 g/mol. The molecule has 0 bridgehead atoms. The molecule has 94 valence electrons. The number of ether oxygens (including phenoxy) is 1. The third kappa shape index (κ3) is 5.12. The summed E-state index contributed by atoms with van der Waals surface area (Å²) in [4.78, 5) is 2.35. The van der Waals surface area contributed by atoms with Crippen LogP contribution in [0.4, 0.5) is 0 Å². The van der Waals surface area contributed by atoms with Crippen molar-refractivity contribution in [2.45, 2.75) is 39.2 Å². The summed E-state index contributed by atoms with van der Waals surface area (Å²) in [5.41, 5.74) is 0. The van der Waals surface area contributed by atoms with E-state index >= 15 is 0 Å². The second kappa shape index (κ2) is 7.07. The highest BCUT2D eigenvalue weighted by Gasteiger charge is 2.30. The molecule has 1 aliphatic rings. The summed E-state index contributed by atoms with van der Waals surface area (Å²) in [6.45, 7) is 7.25. The van der Waals surface area contributed by atoms with E-state index in [1.165, 1.54) is 12.8 Å². The minimum Gasteiger partial charge on any atom is -0.385 e. The highest BCUT2D eigenvalue weighted by Crippen LogP contribution is 2.27. The molecule has 0 saturated heterocycles. The number of rotatable bonds is 7. The van der Waals surface area contributed by atoms with Crippen LogP contribution in [0.1, 0.15) is 33.1 Å². The van der Waals surface area contributed by atoms with E-state index in [2.05, 4.69) is 24.1 Å². The second-order valence-electron chi connectivity index (χ2n) is 4.86. The van der Waals surface area contributed by atoms with Gasteiger partial charge in [-0.2, -0.15) is 0 Å². The minimum atomic E-state index is 0.666. The van der Waals surface area contributed by atoms with Gasteiger partial charge in [0.25, 0.3) is 0 Å². The van der Waals surface area contributed by atoms with Gasteiger partial charge in [0, 0.05) is 32.8 Å². The molecule has 1 N–H and O–H groups in total. The predicted molar refractivity (Wildman–Crippen MR) is 71.7 cm³/mol. The SMILES string of the molecule is COCCCNC(=S)N(CC(C)C)C1CC1. The molecule has 4 heteroatoms. The molecule has 16 heavy (non-hydrogen) atoms. The average molecular weight is 244 g/mol. The van der Waals surface area contributed by atoms with Crippen molar-refractivity contribution in [2.24, 2.45) is 5.92 Å². The first-order chi connectivity index (χ1) is 7.65. The smallest absolute Gasteiger partial charge is 0.169 e. The summed E-state index contributed by atoms with van der Waals surface area (Å²) in [5.74, 6) is 0.666. The lowest BCUT2D eigenvalue weighted by Gasteiger charge is -2.27. The summed E-state index contributed by atoms with van der Waals surface area (Å²) < 4.78 is 5.01. The molecule has 3 nitrogen and oxygen atoms in total. The Bertz CT molecular complexity index is 217. The largest absolute Gasteiger partial charge is 0.385 e. The van der Waals surface area contributed by atoms with Crippen LogP contribution in [0.2, 0.25) is 0 Å². The van der Waals surface area contributed by atoms with Gasteiger partial charge in [-0.3, -0.25) is 0 Å². The summed E-state index contributed by atoms with van der Waals surface area (Å²) in [6, 6.07) is 0.699. The first kappa shape index (κ1) is 13.7. The molecule has 0 heterocycles. The Hall–Kier alpha value is -0.350. The van der Waals surface area contributed by atoms with E-state index in [-0.39, 0.29) is 0 Å². The van der Waals surface area contributed by atoms with Crippen LogP contribution >= 0.6 is 12.2 Å². The Kier molecular flexibility index (Phi) is 6.06. The number of thiocarbonyl (C=S) groups is 1. The van der Waals surface area contributed by atoms with Crippen LogP contribution < -0.4 is 5.32 Å². The Morgan fingerprint density at radius 1 is 1.50 bits per heavy atom. The molecule has 0 spiro atoms. The lowest BCUT2D eigenvalue weighted by molar-refractivity contribution is 0.195. The molecule has 1 saturated carbocycles. The Balaban J connectivity index is 2.24. The van der Waals surface area contributed by atoms with Crippen molar-refractivity contribution >= 4 is 17.3 Å². The molecule has 0 radical (unpaired) electrons. The van der Waals surface area contributed by atoms with Crippen molar-refractivity contribution in [1.29, 1.82) is 0 Å². The van der Waals surface area contributed by atoms with Crippen molar-refractivity contribution in [3.63, 3.8) is 0 Å². The fraction of sp³-hybridized carbons (Fsp3) is 0.917. The number of hydrogen-bond acceptors (Lipinski definition) is 2. The molecule has 0 aromatic carbocycles. The van der Waals surface area contributed by atoms with Gasteiger partial charge in [-0.1, -0.05) is 13.8 Å². The van der Waals surface area contributed by atoms with Crippen molar-refractivity contribution < 1.29 is 4.74 Å². The Labute approximate surface area is 105 Å². The normalized spacial score (nSPS) is 15.2. The second-order valence-corrected chi connectivity index (χ2v) is 5.24. The molecule has 0 unspecified atom stereocenters. The van der Waals surface area contributed by atoms with Crippen LogP contribution in [0.3, 0.4) is 0 Å². The van der Waals surface area contributed by atoms with E-state index in [1.807, 2.05) is 0 Å². The van der Waals surface area contributed by atoms with Crippen LogP contribution in [0.5, 0.6) is 0 Å². The number of methoxy groups -OCH3 is 1. The average Bonchev–Trinajstić information content (AvgIpc) is 3.04. The molecule has 1 fully saturated rings. The van der Waals surface area contributed by atoms with Crippen LogP contribution in [0, 0.1) is 5.92 Å². The maximum Gasteiger partial charge on any atom is 0.169 e. The van der Waals surface area contributed by atoms with Gasteiger partial charge in [-0.25, -0.2) is 0 Å². The van der Waals surface area contributed by atoms with Crippen LogP contribution in [-0.2, 0) is 4.74 Å². The zero-order valence-corrected chi connectivity index (χ0v) is 11.5. The molecule has 0 aliphatic heterocycles. The number of hydrogen-bond donors (Lipinski definition) is 1. The van der Waals surface area contributed by atoms with E-state index in [9.17, 15) is 0 Å². The van der Waals surface area contributed by atoms with Crippen LogP contribution in [0.15, 0.2) is 0 Å². The third-order valence-corrected chi connectivity index (χ3v) is 2.99. The summed E-state index contributed by atoms with van der Waals surface area (Å²) in [6.07, 6.45) is 3.61. The fourth-order valence-corrected chi connectivity index (χ4v) is 2.02. The van der Waals surface area contributed by atoms with E-state index in [1.54, 1.807) is 7.11 Å². The first-order valence-electron chi connectivity index (χ1n) is 6.18. The van der Waals surface area contributed by atoms with Gasteiger partial charge in [0.15, 0.2) is 5.11 Å². The predicted octanol–water partition coefficient (Wildman–Crippen LogP) is 2.02. The lowest BCUT2D eigenvalue weighted by Crippen LogP contribution is -2.43. The molecule has 0 aromatic heterocycles. The van der Waals surface area contributed by atoms with E-state index < -0.39 is 0 Å². The van der Waals surface area contributed by atoms with Gasteiger partial charge < -0.3 is 15.0 Å². The van der Waals surface area contributed by atoms with Crippen LogP contribution in [-0.4, -0.2) is 42.9 Å². The number of nitrogens with one attached hydrogen (secondary N) is 1. The number of nitrogens with zero attached hydrogens (tertiary/aromatic N) is 1. The molecule has 1 aliphatic carbocycles. The van der Waals surface area contributed by atoms with Gasteiger partial charge >= 0.3 is 0 Å². The van der Waals surface area contributed by atoms with Crippen molar-refractivity contribution in [2.75, 3.05) is 26.8 Å². The topological polar surface area (TPSA) is 24.5 Å².